The fourth-order valence-electron chi connectivity index (χ4n) is 0.832. The van der Waals surface area contributed by atoms with Crippen molar-refractivity contribution in [3.63, 3.8) is 0 Å². The Morgan fingerprint density at radius 2 is 2.00 bits per heavy atom. The molecule has 0 saturated carbocycles. The third-order valence-electron chi connectivity index (χ3n) is 1.54. The monoisotopic (exact) mass is 196 g/mol. The minimum atomic E-state index is -1.34. The van der Waals surface area contributed by atoms with E-state index in [0.29, 0.717) is 0 Å². The van der Waals surface area contributed by atoms with Gasteiger partial charge in [0.05, 0.1) is 0 Å². The summed E-state index contributed by atoms with van der Waals surface area (Å²) in [5.41, 5.74) is 4.12. The summed E-state index contributed by atoms with van der Waals surface area (Å²) in [7, 11) is -1.34. The highest BCUT2D eigenvalue weighted by molar-refractivity contribution is 6.83. The van der Waals surface area contributed by atoms with Crippen molar-refractivity contribution in [3.8, 4) is 11.5 Å². The van der Waals surface area contributed by atoms with Crippen LogP contribution in [-0.4, -0.2) is 19.3 Å². The Morgan fingerprint density at radius 3 is 2.38 bits per heavy atom. The standard InChI is InChI=1S/C11H20OSi/c1-6-7-10(2)11(12)8-9-13(3,4)5/h7,11-12H,6H2,1-5H3/b10-7+/t11-/m0/s1. The van der Waals surface area contributed by atoms with Crippen molar-refractivity contribution < 1.29 is 5.11 Å². The summed E-state index contributed by atoms with van der Waals surface area (Å²) in [6.07, 6.45) is 2.41. The van der Waals surface area contributed by atoms with Crippen molar-refractivity contribution in [2.75, 3.05) is 0 Å². The van der Waals surface area contributed by atoms with E-state index in [4.69, 9.17) is 0 Å². The van der Waals surface area contributed by atoms with Crippen LogP contribution in [0.3, 0.4) is 0 Å². The van der Waals surface area contributed by atoms with Crippen molar-refractivity contribution >= 4 is 8.07 Å². The molecule has 0 aromatic carbocycles. The molecule has 0 unspecified atom stereocenters. The molecule has 0 aliphatic rings. The summed E-state index contributed by atoms with van der Waals surface area (Å²) in [6.45, 7) is 10.5. The molecule has 74 valence electrons. The van der Waals surface area contributed by atoms with Crippen LogP contribution < -0.4 is 0 Å². The quantitative estimate of drug-likeness (QED) is 0.409. The van der Waals surface area contributed by atoms with Crippen molar-refractivity contribution in [1.82, 2.24) is 0 Å². The van der Waals surface area contributed by atoms with Crippen LogP contribution in [0.5, 0.6) is 0 Å². The van der Waals surface area contributed by atoms with Gasteiger partial charge in [0.25, 0.3) is 0 Å². The molecule has 0 aromatic heterocycles. The second-order valence-electron chi connectivity index (χ2n) is 4.28. The van der Waals surface area contributed by atoms with E-state index in [1.54, 1.807) is 0 Å². The van der Waals surface area contributed by atoms with Gasteiger partial charge in [0.15, 0.2) is 0 Å². The lowest BCUT2D eigenvalue weighted by atomic mass is 10.1. The molecule has 0 aliphatic carbocycles. The zero-order chi connectivity index (χ0) is 10.5. The van der Waals surface area contributed by atoms with E-state index in [-0.39, 0.29) is 0 Å². The van der Waals surface area contributed by atoms with Gasteiger partial charge in [0, 0.05) is 0 Å². The fourth-order valence-corrected chi connectivity index (χ4v) is 1.40. The summed E-state index contributed by atoms with van der Waals surface area (Å²) < 4.78 is 0. The highest BCUT2D eigenvalue weighted by atomic mass is 28.3. The lowest BCUT2D eigenvalue weighted by Crippen LogP contribution is -2.18. The van der Waals surface area contributed by atoms with Crippen LogP contribution in [-0.2, 0) is 0 Å². The van der Waals surface area contributed by atoms with Gasteiger partial charge in [-0.05, 0) is 18.9 Å². The molecule has 0 radical (unpaired) electrons. The molecule has 13 heavy (non-hydrogen) atoms. The van der Waals surface area contributed by atoms with Gasteiger partial charge in [-0.15, -0.1) is 5.54 Å². The third kappa shape index (κ3) is 6.62. The molecule has 1 nitrogen and oxygen atoms in total. The van der Waals surface area contributed by atoms with Crippen LogP contribution in [0.15, 0.2) is 11.6 Å². The van der Waals surface area contributed by atoms with Gasteiger partial charge in [0.1, 0.15) is 14.2 Å². The Morgan fingerprint density at radius 1 is 1.46 bits per heavy atom. The van der Waals surface area contributed by atoms with Gasteiger partial charge in [0.2, 0.25) is 0 Å². The summed E-state index contributed by atoms with van der Waals surface area (Å²) in [5, 5.41) is 9.59. The number of rotatable bonds is 2. The Balaban J connectivity index is 4.36. The first kappa shape index (κ1) is 12.5. The lowest BCUT2D eigenvalue weighted by molar-refractivity contribution is 0.268. The van der Waals surface area contributed by atoms with Crippen molar-refractivity contribution in [1.29, 1.82) is 0 Å². The minimum Gasteiger partial charge on any atom is -0.376 e. The first-order valence-electron chi connectivity index (χ1n) is 4.74. The smallest absolute Gasteiger partial charge is 0.135 e. The molecule has 1 atom stereocenters. The average Bonchev–Trinajstić information content (AvgIpc) is 1.99. The van der Waals surface area contributed by atoms with E-state index in [9.17, 15) is 5.11 Å². The Labute approximate surface area is 82.9 Å². The van der Waals surface area contributed by atoms with E-state index in [1.807, 2.05) is 13.0 Å². The summed E-state index contributed by atoms with van der Waals surface area (Å²) >= 11 is 0. The molecule has 0 rings (SSSR count). The fraction of sp³-hybridized carbons (Fsp3) is 0.636. The van der Waals surface area contributed by atoms with Crippen LogP contribution in [0.2, 0.25) is 19.6 Å². The Kier molecular flexibility index (Phi) is 5.05. The first-order chi connectivity index (χ1) is 5.87. The Hall–Kier alpha value is -0.523. The molecule has 0 aliphatic heterocycles. The molecule has 0 spiro atoms. The molecule has 2 heteroatoms. The maximum atomic E-state index is 9.59. The average molecular weight is 196 g/mol. The first-order valence-corrected chi connectivity index (χ1v) is 8.24. The number of allylic oxidation sites excluding steroid dienone is 1. The molecule has 0 bridgehead atoms. The number of aliphatic hydroxyl groups excluding tert-OH is 1. The largest absolute Gasteiger partial charge is 0.376 e. The Bertz CT molecular complexity index is 237. The second kappa shape index (κ2) is 5.26. The normalized spacial score (nSPS) is 14.8. The molecular weight excluding hydrogens is 176 g/mol. The van der Waals surface area contributed by atoms with Crippen molar-refractivity contribution in [2.24, 2.45) is 0 Å². The number of aliphatic hydroxyl groups is 1. The number of hydrogen-bond donors (Lipinski definition) is 1. The zero-order valence-electron chi connectivity index (χ0n) is 9.31. The van der Waals surface area contributed by atoms with Crippen molar-refractivity contribution in [2.45, 2.75) is 46.0 Å². The molecule has 0 aromatic rings. The van der Waals surface area contributed by atoms with Crippen LogP contribution in [0, 0.1) is 11.5 Å². The van der Waals surface area contributed by atoms with Crippen LogP contribution >= 0.6 is 0 Å². The van der Waals surface area contributed by atoms with E-state index in [1.165, 1.54) is 0 Å². The van der Waals surface area contributed by atoms with Gasteiger partial charge in [-0.25, -0.2) is 0 Å². The topological polar surface area (TPSA) is 20.2 Å². The summed E-state index contributed by atoms with van der Waals surface area (Å²) in [5.74, 6) is 2.91. The van der Waals surface area contributed by atoms with Crippen molar-refractivity contribution in [3.05, 3.63) is 11.6 Å². The maximum absolute atomic E-state index is 9.59. The molecule has 0 heterocycles. The van der Waals surface area contributed by atoms with E-state index in [0.717, 1.165) is 12.0 Å². The van der Waals surface area contributed by atoms with Gasteiger partial charge < -0.3 is 5.11 Å². The van der Waals surface area contributed by atoms with Crippen LogP contribution in [0.4, 0.5) is 0 Å². The van der Waals surface area contributed by atoms with Gasteiger partial charge in [-0.2, -0.15) is 0 Å². The SMILES string of the molecule is CC/C=C(\C)[C@@H](O)C#C[Si](C)(C)C. The minimum absolute atomic E-state index is 0.563. The third-order valence-corrected chi connectivity index (χ3v) is 2.44. The molecular formula is C11H20OSi. The van der Waals surface area contributed by atoms with Gasteiger partial charge in [-0.3, -0.25) is 0 Å². The van der Waals surface area contributed by atoms with Crippen LogP contribution in [0.1, 0.15) is 20.3 Å². The maximum Gasteiger partial charge on any atom is 0.135 e. The highest BCUT2D eigenvalue weighted by Crippen LogP contribution is 2.03. The van der Waals surface area contributed by atoms with E-state index in [2.05, 4.69) is 38.0 Å². The van der Waals surface area contributed by atoms with Crippen LogP contribution in [0.25, 0.3) is 0 Å². The molecule has 0 fully saturated rings. The summed E-state index contributed by atoms with van der Waals surface area (Å²) in [6, 6.07) is 0. The van der Waals surface area contributed by atoms with Gasteiger partial charge in [-0.1, -0.05) is 38.6 Å². The van der Waals surface area contributed by atoms with E-state index < -0.39 is 14.2 Å². The second-order valence-corrected chi connectivity index (χ2v) is 9.03. The summed E-state index contributed by atoms with van der Waals surface area (Å²) in [4.78, 5) is 0. The molecule has 0 amide bonds. The van der Waals surface area contributed by atoms with Gasteiger partial charge >= 0.3 is 0 Å². The number of hydrogen-bond acceptors (Lipinski definition) is 1. The van der Waals surface area contributed by atoms with E-state index >= 15 is 0 Å². The molecule has 0 saturated heterocycles. The lowest BCUT2D eigenvalue weighted by Gasteiger charge is -2.06. The molecule has 1 N–H and O–H groups in total. The predicted molar refractivity (Wildman–Crippen MR) is 61.2 cm³/mol. The zero-order valence-corrected chi connectivity index (χ0v) is 10.3. The highest BCUT2D eigenvalue weighted by Gasteiger charge is 2.09. The predicted octanol–water partition coefficient (Wildman–Crippen LogP) is 2.58.